The Bertz CT molecular complexity index is 545. The van der Waals surface area contributed by atoms with Gasteiger partial charge < -0.3 is 34.1 Å². The van der Waals surface area contributed by atoms with Crippen LogP contribution in [0, 0.1) is 6.92 Å². The highest BCUT2D eigenvalue weighted by Crippen LogP contribution is 2.27. The van der Waals surface area contributed by atoms with Crippen molar-refractivity contribution in [3.05, 3.63) is 17.6 Å². The maximum absolute atomic E-state index is 7.56. The molecule has 0 aliphatic carbocycles. The van der Waals surface area contributed by atoms with Gasteiger partial charge in [-0.1, -0.05) is 48.0 Å². The van der Waals surface area contributed by atoms with Crippen molar-refractivity contribution < 1.29 is 34.1 Å². The number of aryl methyl sites for hydroxylation is 1. The zero-order chi connectivity index (χ0) is 23.6. The van der Waals surface area contributed by atoms with Crippen molar-refractivity contribution in [2.45, 2.75) is 67.7 Å². The largest absolute Gasteiger partial charge is 0.478 e. The quantitative estimate of drug-likeness (QED) is 0.352. The summed E-state index contributed by atoms with van der Waals surface area (Å²) < 4.78 is 5.33. The molecule has 0 unspecified atom stereocenters. The summed E-state index contributed by atoms with van der Waals surface area (Å²) in [6.07, 6.45) is 1.25. The minimum Gasteiger partial charge on any atom is -0.478 e. The fourth-order valence-electron chi connectivity index (χ4n) is 1.04. The Morgan fingerprint density at radius 3 is 1.50 bits per heavy atom. The van der Waals surface area contributed by atoms with Crippen LogP contribution >= 0.6 is 13.4 Å². The van der Waals surface area contributed by atoms with Crippen LogP contribution in [-0.4, -0.2) is 45.9 Å². The van der Waals surface area contributed by atoms with Crippen molar-refractivity contribution in [1.82, 2.24) is 9.97 Å². The number of nitrogens with zero attached hydrogens (tertiary/aromatic N) is 2. The van der Waals surface area contributed by atoms with Gasteiger partial charge in [-0.3, -0.25) is 0 Å². The lowest BCUT2D eigenvalue weighted by molar-refractivity contribution is 0.324. The summed E-state index contributed by atoms with van der Waals surface area (Å²) in [6.45, 7) is 9.34. The van der Waals surface area contributed by atoms with Gasteiger partial charge in [0.1, 0.15) is 5.82 Å². The van der Waals surface area contributed by atoms with E-state index in [2.05, 4.69) is 61.3 Å². The Kier molecular flexibility index (Phi) is 25.6. The molecule has 0 fully saturated rings. The molecular weight excluding hydrogens is 446 g/mol. The monoisotopic (exact) mass is 482 g/mol. The molecule has 0 bridgehead atoms. The van der Waals surface area contributed by atoms with E-state index in [1.54, 1.807) is 0 Å². The first-order valence-electron chi connectivity index (χ1n) is 8.59. The summed E-state index contributed by atoms with van der Waals surface area (Å²) in [4.78, 5) is 54.0. The van der Waals surface area contributed by atoms with Gasteiger partial charge in [0.05, 0.1) is 6.61 Å². The number of rotatable bonds is 3. The number of aromatic nitrogens is 2. The molecular formula is C15H36N2O7P2S2. The topological polar surface area (TPSA) is 156 Å². The highest BCUT2D eigenvalue weighted by Gasteiger charge is 2.05. The molecule has 0 aliphatic heterocycles. The summed E-state index contributed by atoms with van der Waals surface area (Å²) in [5.74, 6) is 1.88. The van der Waals surface area contributed by atoms with Gasteiger partial charge in [-0.15, -0.1) is 0 Å². The number of hydrogen-bond donors (Lipinski definition) is 6. The Morgan fingerprint density at radius 1 is 0.929 bits per heavy atom. The number of hydrogen-bond acceptors (Lipinski definition) is 5. The van der Waals surface area contributed by atoms with Crippen LogP contribution in [0.2, 0.25) is 0 Å². The van der Waals surface area contributed by atoms with Gasteiger partial charge in [-0.05, 0) is 37.5 Å². The van der Waals surface area contributed by atoms with E-state index in [9.17, 15) is 0 Å². The third-order valence-corrected chi connectivity index (χ3v) is 1.66. The third-order valence-electron chi connectivity index (χ3n) is 1.66. The predicted octanol–water partition coefficient (Wildman–Crippen LogP) is 3.13. The molecule has 0 atom stereocenters. The van der Waals surface area contributed by atoms with E-state index < -0.39 is 13.4 Å². The van der Waals surface area contributed by atoms with Crippen LogP contribution in [0.15, 0.2) is 6.07 Å². The second kappa shape index (κ2) is 20.2. The van der Waals surface area contributed by atoms with Gasteiger partial charge in [-0.25, -0.2) is 4.98 Å². The Hall–Kier alpha value is -0.0600. The molecule has 0 aliphatic rings. The summed E-state index contributed by atoms with van der Waals surface area (Å²) in [5, 5.41) is 0. The second-order valence-electron chi connectivity index (χ2n) is 5.03. The summed E-state index contributed by atoms with van der Waals surface area (Å²) in [6, 6.07) is 1.86. The van der Waals surface area contributed by atoms with Crippen molar-refractivity contribution in [3.63, 3.8) is 0 Å². The number of ether oxygens (including phenoxy) is 1. The van der Waals surface area contributed by atoms with Gasteiger partial charge in [0.15, 0.2) is 0 Å². The first-order chi connectivity index (χ1) is 12.5. The minimum atomic E-state index is -3.81. The molecule has 0 saturated heterocycles. The average molecular weight is 483 g/mol. The zero-order valence-electron chi connectivity index (χ0n) is 17.8. The van der Waals surface area contributed by atoms with E-state index in [-0.39, 0.29) is 0 Å². The van der Waals surface area contributed by atoms with Crippen molar-refractivity contribution in [2.24, 2.45) is 0 Å². The predicted molar refractivity (Wildman–Crippen MR) is 121 cm³/mol. The zero-order valence-corrected chi connectivity index (χ0v) is 21.2. The van der Waals surface area contributed by atoms with E-state index in [1.165, 1.54) is 6.42 Å². The molecule has 1 heterocycles. The first-order valence-corrected chi connectivity index (χ1v) is 13.9. The lowest BCUT2D eigenvalue weighted by atomic mass is 10.2. The molecule has 0 amide bonds. The Balaban J connectivity index is -0.000000160. The van der Waals surface area contributed by atoms with Gasteiger partial charge in [0, 0.05) is 17.7 Å². The molecule has 6 N–H and O–H groups in total. The van der Waals surface area contributed by atoms with E-state index in [1.807, 2.05) is 33.8 Å². The van der Waals surface area contributed by atoms with Gasteiger partial charge >= 0.3 is 13.4 Å². The lowest BCUT2D eigenvalue weighted by Crippen LogP contribution is -2.03. The van der Waals surface area contributed by atoms with E-state index >= 15 is 0 Å². The molecule has 28 heavy (non-hydrogen) atoms. The molecule has 9 nitrogen and oxygen atoms in total. The lowest BCUT2D eigenvalue weighted by Gasteiger charge is -2.07. The van der Waals surface area contributed by atoms with Crippen LogP contribution in [0.4, 0.5) is 0 Å². The van der Waals surface area contributed by atoms with Crippen molar-refractivity contribution in [1.29, 1.82) is 0 Å². The minimum absolute atomic E-state index is 0.346. The van der Waals surface area contributed by atoms with E-state index in [4.69, 9.17) is 34.1 Å². The first kappa shape index (κ1) is 35.4. The standard InChI is InChI=1S/C10H16N2O.C3H8.C2H6.2H3O3PS/c1-5-13-9-6-8(4)11-10(12-9)7(2)3;1-3-2;1-2;2*1-4(2,3)5/h6-7H,5H2,1-4H3;3H2,1-2H3;1-2H3;2*(H3,1,2,3,5). The molecule has 1 rings (SSSR count). The highest BCUT2D eigenvalue weighted by atomic mass is 32.5. The molecule has 0 aromatic carbocycles. The van der Waals surface area contributed by atoms with Gasteiger partial charge in [-0.2, -0.15) is 4.98 Å². The Labute approximate surface area is 179 Å². The van der Waals surface area contributed by atoms with Crippen molar-refractivity contribution >= 4 is 37.1 Å². The fourth-order valence-corrected chi connectivity index (χ4v) is 1.04. The van der Waals surface area contributed by atoms with Gasteiger partial charge in [0.2, 0.25) is 5.88 Å². The maximum atomic E-state index is 7.56. The molecule has 0 radical (unpaired) electrons. The van der Waals surface area contributed by atoms with Crippen LogP contribution in [0.5, 0.6) is 5.88 Å². The van der Waals surface area contributed by atoms with Crippen LogP contribution in [0.3, 0.4) is 0 Å². The summed E-state index contributed by atoms with van der Waals surface area (Å²) in [5.41, 5.74) is 0.960. The fraction of sp³-hybridized carbons (Fsp3) is 0.733. The summed E-state index contributed by atoms with van der Waals surface area (Å²) >= 11 is 7.21. The Morgan fingerprint density at radius 2 is 1.25 bits per heavy atom. The SMILES string of the molecule is CC.CCC.CCOc1cc(C)nc(C(C)C)n1.OP(O)(O)=S.OP(O)(O)=S. The van der Waals surface area contributed by atoms with Crippen LogP contribution in [0.1, 0.15) is 72.3 Å². The van der Waals surface area contributed by atoms with E-state index in [0.717, 1.165) is 11.5 Å². The molecule has 0 spiro atoms. The third kappa shape index (κ3) is 45.0. The van der Waals surface area contributed by atoms with E-state index in [0.29, 0.717) is 18.4 Å². The van der Waals surface area contributed by atoms with Crippen molar-refractivity contribution in [3.8, 4) is 5.88 Å². The van der Waals surface area contributed by atoms with Gasteiger partial charge in [0.25, 0.3) is 0 Å². The average Bonchev–Trinajstić information content (AvgIpc) is 2.46. The van der Waals surface area contributed by atoms with Crippen LogP contribution < -0.4 is 4.74 Å². The molecule has 0 saturated carbocycles. The van der Waals surface area contributed by atoms with Crippen LogP contribution in [-0.2, 0) is 23.6 Å². The normalized spacial score (nSPS) is 9.96. The highest BCUT2D eigenvalue weighted by molar-refractivity contribution is 8.06. The van der Waals surface area contributed by atoms with Crippen molar-refractivity contribution in [2.75, 3.05) is 6.61 Å². The summed E-state index contributed by atoms with van der Waals surface area (Å²) in [7, 11) is 0. The second-order valence-corrected chi connectivity index (χ2v) is 10.0. The molecule has 13 heteroatoms. The van der Waals surface area contributed by atoms with Crippen LogP contribution in [0.25, 0.3) is 0 Å². The molecule has 1 aromatic rings. The smallest absolute Gasteiger partial charge is 0.319 e. The molecule has 1 aromatic heterocycles. The maximum Gasteiger partial charge on any atom is 0.319 e. The molecule has 170 valence electrons.